The minimum absolute atomic E-state index is 0.0744. The first-order valence-electron chi connectivity index (χ1n) is 6.59. The van der Waals surface area contributed by atoms with Gasteiger partial charge in [0, 0.05) is 9.26 Å². The Kier molecular flexibility index (Phi) is 5.65. The average Bonchev–Trinajstić information content (AvgIpc) is 2.88. The maximum atomic E-state index is 12.2. The van der Waals surface area contributed by atoms with Crippen molar-refractivity contribution in [3.8, 4) is 0 Å². The molecule has 0 fully saturated rings. The summed E-state index contributed by atoms with van der Waals surface area (Å²) >= 11 is 2.13. The fourth-order valence-corrected chi connectivity index (χ4v) is 3.29. The number of benzene rings is 1. The lowest BCUT2D eigenvalue weighted by molar-refractivity contribution is 0.403. The molecule has 0 amide bonds. The highest BCUT2D eigenvalue weighted by Crippen LogP contribution is 2.19. The summed E-state index contributed by atoms with van der Waals surface area (Å²) in [6.45, 7) is 3.45. The molecule has 1 aromatic carbocycles. The Hall–Kier alpha value is -1.06. The maximum absolute atomic E-state index is 12.2. The molecular formula is C14H17IN2O3S. The number of hydrogen-bond acceptors (Lipinski definition) is 4. The second kappa shape index (κ2) is 7.28. The summed E-state index contributed by atoms with van der Waals surface area (Å²) in [5.74, 6) is 0.603. The number of furan rings is 1. The summed E-state index contributed by atoms with van der Waals surface area (Å²) in [5.41, 5.74) is 0.518. The largest absolute Gasteiger partial charge is 0.446 e. The van der Waals surface area contributed by atoms with Crippen molar-refractivity contribution in [1.29, 1.82) is 0 Å². The molecule has 114 valence electrons. The van der Waals surface area contributed by atoms with Crippen LogP contribution in [0.4, 0.5) is 5.69 Å². The van der Waals surface area contributed by atoms with Gasteiger partial charge in [0.1, 0.15) is 5.76 Å². The molecule has 2 aromatic rings. The number of rotatable bonds is 7. The van der Waals surface area contributed by atoms with E-state index >= 15 is 0 Å². The van der Waals surface area contributed by atoms with Gasteiger partial charge in [-0.1, -0.05) is 13.0 Å². The van der Waals surface area contributed by atoms with Crippen molar-refractivity contribution in [3.05, 3.63) is 45.7 Å². The average molecular weight is 420 g/mol. The van der Waals surface area contributed by atoms with Crippen LogP contribution in [0.1, 0.15) is 19.1 Å². The fraction of sp³-hybridized carbons (Fsp3) is 0.286. The Morgan fingerprint density at radius 3 is 2.76 bits per heavy atom. The van der Waals surface area contributed by atoms with E-state index in [0.29, 0.717) is 18.0 Å². The van der Waals surface area contributed by atoms with Crippen LogP contribution in [0.25, 0.3) is 0 Å². The van der Waals surface area contributed by atoms with Gasteiger partial charge in [-0.3, -0.25) is 4.72 Å². The van der Waals surface area contributed by atoms with Crippen LogP contribution in [0.2, 0.25) is 0 Å². The molecule has 0 aliphatic carbocycles. The Bertz CT molecular complexity index is 698. The van der Waals surface area contributed by atoms with Crippen molar-refractivity contribution in [2.45, 2.75) is 25.0 Å². The summed E-state index contributed by atoms with van der Waals surface area (Å²) in [5, 5.41) is 3.09. The van der Waals surface area contributed by atoms with Crippen LogP contribution in [0.5, 0.6) is 0 Å². The molecular weight excluding hydrogens is 403 g/mol. The van der Waals surface area contributed by atoms with Crippen molar-refractivity contribution < 1.29 is 12.8 Å². The SMILES string of the molecule is CCCNCc1ccc(S(=O)(=O)Nc2cccc(I)c2)o1. The van der Waals surface area contributed by atoms with Crippen molar-refractivity contribution in [3.63, 3.8) is 0 Å². The monoisotopic (exact) mass is 420 g/mol. The first-order chi connectivity index (χ1) is 10.0. The van der Waals surface area contributed by atoms with Crippen molar-refractivity contribution in [1.82, 2.24) is 5.32 Å². The summed E-state index contributed by atoms with van der Waals surface area (Å²) in [4.78, 5) is 0. The van der Waals surface area contributed by atoms with Gasteiger partial charge < -0.3 is 9.73 Å². The van der Waals surface area contributed by atoms with E-state index < -0.39 is 10.0 Å². The van der Waals surface area contributed by atoms with E-state index in [0.717, 1.165) is 16.5 Å². The van der Waals surface area contributed by atoms with Gasteiger partial charge in [0.05, 0.1) is 6.54 Å². The Balaban J connectivity index is 2.09. The normalized spacial score (nSPS) is 11.5. The predicted molar refractivity (Wildman–Crippen MR) is 90.7 cm³/mol. The number of nitrogens with one attached hydrogen (secondary N) is 2. The maximum Gasteiger partial charge on any atom is 0.295 e. The molecule has 7 heteroatoms. The first-order valence-corrected chi connectivity index (χ1v) is 9.15. The summed E-state index contributed by atoms with van der Waals surface area (Å²) in [6, 6.07) is 10.3. The fourth-order valence-electron chi connectivity index (χ4n) is 1.74. The third-order valence-electron chi connectivity index (χ3n) is 2.70. The molecule has 1 heterocycles. The minimum Gasteiger partial charge on any atom is -0.446 e. The minimum atomic E-state index is -3.69. The third-order valence-corrected chi connectivity index (χ3v) is 4.63. The second-order valence-corrected chi connectivity index (χ2v) is 7.37. The van der Waals surface area contributed by atoms with Gasteiger partial charge in [-0.15, -0.1) is 0 Å². The Morgan fingerprint density at radius 1 is 1.24 bits per heavy atom. The van der Waals surface area contributed by atoms with Gasteiger partial charge in [0.25, 0.3) is 10.0 Å². The molecule has 0 aliphatic heterocycles. The topological polar surface area (TPSA) is 71.3 Å². The highest BCUT2D eigenvalue weighted by molar-refractivity contribution is 14.1. The van der Waals surface area contributed by atoms with E-state index in [1.54, 1.807) is 24.3 Å². The third kappa shape index (κ3) is 4.72. The molecule has 0 atom stereocenters. The van der Waals surface area contributed by atoms with Gasteiger partial charge in [0.2, 0.25) is 5.09 Å². The van der Waals surface area contributed by atoms with E-state index in [4.69, 9.17) is 4.42 Å². The molecule has 5 nitrogen and oxygen atoms in total. The molecule has 0 aliphatic rings. The number of anilines is 1. The molecule has 0 bridgehead atoms. The highest BCUT2D eigenvalue weighted by Gasteiger charge is 2.18. The van der Waals surface area contributed by atoms with Crippen LogP contribution in [0.3, 0.4) is 0 Å². The molecule has 0 saturated carbocycles. The van der Waals surface area contributed by atoms with Crippen LogP contribution in [-0.2, 0) is 16.6 Å². The molecule has 21 heavy (non-hydrogen) atoms. The Labute approximate surface area is 138 Å². The van der Waals surface area contributed by atoms with E-state index in [9.17, 15) is 8.42 Å². The summed E-state index contributed by atoms with van der Waals surface area (Å²) < 4.78 is 33.3. The molecule has 0 saturated heterocycles. The molecule has 0 unspecified atom stereocenters. The van der Waals surface area contributed by atoms with Crippen LogP contribution in [0.15, 0.2) is 45.9 Å². The molecule has 2 rings (SSSR count). The second-order valence-electron chi connectivity index (χ2n) is 4.51. The zero-order valence-corrected chi connectivity index (χ0v) is 14.6. The highest BCUT2D eigenvalue weighted by atomic mass is 127. The van der Waals surface area contributed by atoms with Crippen LogP contribution in [0, 0.1) is 3.57 Å². The first kappa shape index (κ1) is 16.3. The quantitative estimate of drug-likeness (QED) is 0.533. The molecule has 1 aromatic heterocycles. The van der Waals surface area contributed by atoms with E-state index in [-0.39, 0.29) is 5.09 Å². The lowest BCUT2D eigenvalue weighted by Gasteiger charge is -2.06. The van der Waals surface area contributed by atoms with Crippen molar-refractivity contribution in [2.24, 2.45) is 0 Å². The lowest BCUT2D eigenvalue weighted by Crippen LogP contribution is -2.14. The number of halogens is 1. The van der Waals surface area contributed by atoms with E-state index in [1.807, 2.05) is 6.07 Å². The van der Waals surface area contributed by atoms with Crippen LogP contribution in [-0.4, -0.2) is 15.0 Å². The van der Waals surface area contributed by atoms with Gasteiger partial charge in [-0.2, -0.15) is 8.42 Å². The smallest absolute Gasteiger partial charge is 0.295 e. The van der Waals surface area contributed by atoms with Gasteiger partial charge in [0.15, 0.2) is 0 Å². The lowest BCUT2D eigenvalue weighted by atomic mass is 10.3. The van der Waals surface area contributed by atoms with E-state index in [1.165, 1.54) is 6.07 Å². The number of hydrogen-bond donors (Lipinski definition) is 2. The van der Waals surface area contributed by atoms with Gasteiger partial charge in [-0.25, -0.2) is 0 Å². The predicted octanol–water partition coefficient (Wildman–Crippen LogP) is 3.18. The summed E-state index contributed by atoms with van der Waals surface area (Å²) in [7, 11) is -3.69. The zero-order chi connectivity index (χ0) is 15.3. The number of sulfonamides is 1. The van der Waals surface area contributed by atoms with E-state index in [2.05, 4.69) is 39.6 Å². The molecule has 0 radical (unpaired) electrons. The molecule has 0 spiro atoms. The molecule has 2 N–H and O–H groups in total. The van der Waals surface area contributed by atoms with Gasteiger partial charge in [-0.05, 0) is 65.9 Å². The zero-order valence-electron chi connectivity index (χ0n) is 11.6. The summed E-state index contributed by atoms with van der Waals surface area (Å²) in [6.07, 6.45) is 1.01. The van der Waals surface area contributed by atoms with Crippen molar-refractivity contribution in [2.75, 3.05) is 11.3 Å². The standard InChI is InChI=1S/C14H17IN2O3S/c1-2-8-16-10-13-6-7-14(20-13)21(18,19)17-12-5-3-4-11(15)9-12/h3-7,9,16-17H,2,8,10H2,1H3. The van der Waals surface area contributed by atoms with Crippen LogP contribution < -0.4 is 10.0 Å². The van der Waals surface area contributed by atoms with Crippen LogP contribution >= 0.6 is 22.6 Å². The van der Waals surface area contributed by atoms with Gasteiger partial charge >= 0.3 is 0 Å². The van der Waals surface area contributed by atoms with Crippen molar-refractivity contribution >= 4 is 38.3 Å². The Morgan fingerprint density at radius 2 is 2.05 bits per heavy atom.